The summed E-state index contributed by atoms with van der Waals surface area (Å²) in [4.78, 5) is 16.3. The Morgan fingerprint density at radius 1 is 1.21 bits per heavy atom. The molecule has 1 atom stereocenters. The lowest BCUT2D eigenvalue weighted by Crippen LogP contribution is -2.12. The van der Waals surface area contributed by atoms with Crippen LogP contribution in [0.3, 0.4) is 0 Å². The highest BCUT2D eigenvalue weighted by atomic mass is 35.5. The van der Waals surface area contributed by atoms with Crippen LogP contribution in [0.5, 0.6) is 11.6 Å². The van der Waals surface area contributed by atoms with E-state index in [1.165, 1.54) is 12.4 Å². The van der Waals surface area contributed by atoms with E-state index in [1.807, 2.05) is 18.2 Å². The van der Waals surface area contributed by atoms with Crippen molar-refractivity contribution in [2.45, 2.75) is 12.3 Å². The molecule has 0 amide bonds. The number of nitrogens with one attached hydrogen (secondary N) is 2. The van der Waals surface area contributed by atoms with Crippen LogP contribution in [0.4, 0.5) is 5.95 Å². The van der Waals surface area contributed by atoms with Crippen LogP contribution in [0.15, 0.2) is 42.7 Å². The van der Waals surface area contributed by atoms with Gasteiger partial charge in [0.25, 0.3) is 0 Å². The van der Waals surface area contributed by atoms with E-state index in [2.05, 4.69) is 30.0 Å². The number of nitriles is 1. The zero-order chi connectivity index (χ0) is 20.6. The maximum absolute atomic E-state index is 11.5. The summed E-state index contributed by atoms with van der Waals surface area (Å²) in [6, 6.07) is 10.7. The highest BCUT2D eigenvalue weighted by Gasteiger charge is 2.08. The molecule has 0 aliphatic rings. The molecule has 2 N–H and O–H groups in total. The number of nitrogens with zero attached hydrogens (tertiary/aromatic N) is 5. The minimum atomic E-state index is -1.12. The van der Waals surface area contributed by atoms with E-state index in [4.69, 9.17) is 16.3 Å². The van der Waals surface area contributed by atoms with Crippen LogP contribution in [0.25, 0.3) is 0 Å². The smallest absolute Gasteiger partial charge is 0.235 e. The minimum absolute atomic E-state index is 0.0163. The Morgan fingerprint density at radius 2 is 1.93 bits per heavy atom. The third-order valence-corrected chi connectivity index (χ3v) is 4.82. The lowest BCUT2D eigenvalue weighted by Gasteiger charge is -2.09. The molecule has 2 aromatic heterocycles. The summed E-state index contributed by atoms with van der Waals surface area (Å²) < 4.78 is 20.0. The highest BCUT2D eigenvalue weighted by Crippen LogP contribution is 2.21. The van der Waals surface area contributed by atoms with E-state index in [-0.39, 0.29) is 18.2 Å². The minimum Gasteiger partial charge on any atom is -0.439 e. The van der Waals surface area contributed by atoms with Gasteiger partial charge >= 0.3 is 0 Å². The van der Waals surface area contributed by atoms with Crippen LogP contribution in [-0.4, -0.2) is 31.2 Å². The standard InChI is InChI=1S/C18H16ClN7O2S/c1-21-29(27)11-12-2-4-15(5-3-12)28-17-6-14(25-16(7-20)26-17)10-24-18-22-8-13(19)9-23-18/h2-6,8-9,21H,10-11H2,1H3,(H,22,23,24). The molecule has 9 nitrogen and oxygen atoms in total. The number of benzene rings is 1. The number of anilines is 1. The van der Waals surface area contributed by atoms with Crippen LogP contribution in [0, 0.1) is 11.3 Å². The van der Waals surface area contributed by atoms with Crippen molar-refractivity contribution in [3.63, 3.8) is 0 Å². The number of ether oxygens (including phenoxy) is 1. The first-order chi connectivity index (χ1) is 14.1. The summed E-state index contributed by atoms with van der Waals surface area (Å²) >= 11 is 5.76. The second-order valence-electron chi connectivity index (χ2n) is 5.65. The van der Waals surface area contributed by atoms with E-state index in [9.17, 15) is 9.47 Å². The van der Waals surface area contributed by atoms with Gasteiger partial charge in [-0.1, -0.05) is 23.7 Å². The van der Waals surface area contributed by atoms with E-state index >= 15 is 0 Å². The molecule has 3 rings (SSSR count). The first-order valence-electron chi connectivity index (χ1n) is 8.38. The van der Waals surface area contributed by atoms with E-state index in [0.717, 1.165) is 5.56 Å². The molecule has 0 saturated heterocycles. The molecule has 3 aromatic rings. The normalized spacial score (nSPS) is 11.5. The molecule has 1 unspecified atom stereocenters. The zero-order valence-corrected chi connectivity index (χ0v) is 16.9. The predicted molar refractivity (Wildman–Crippen MR) is 109 cm³/mol. The third-order valence-electron chi connectivity index (χ3n) is 3.57. The van der Waals surface area contributed by atoms with E-state index in [1.54, 1.807) is 25.2 Å². The van der Waals surface area contributed by atoms with E-state index < -0.39 is 11.0 Å². The first-order valence-corrected chi connectivity index (χ1v) is 10.1. The molecule has 1 aromatic carbocycles. The Hall–Kier alpha value is -3.13. The summed E-state index contributed by atoms with van der Waals surface area (Å²) in [5.41, 5.74) is 1.43. The van der Waals surface area contributed by atoms with E-state index in [0.29, 0.717) is 28.2 Å². The van der Waals surface area contributed by atoms with Crippen molar-refractivity contribution in [3.8, 4) is 17.7 Å². The summed E-state index contributed by atoms with van der Waals surface area (Å²) in [5, 5.41) is 12.6. The second-order valence-corrected chi connectivity index (χ2v) is 7.48. The Labute approximate surface area is 174 Å². The summed E-state index contributed by atoms with van der Waals surface area (Å²) in [6.07, 6.45) is 2.95. The van der Waals surface area contributed by atoms with Gasteiger partial charge in [-0.15, -0.1) is 0 Å². The Bertz CT molecular complexity index is 1040. The SMILES string of the molecule is CNS(=O)Cc1ccc(Oc2cc(CNc3ncc(Cl)cn3)nc(C#N)n2)cc1. The zero-order valence-electron chi connectivity index (χ0n) is 15.3. The molecular weight excluding hydrogens is 414 g/mol. The van der Waals surface area contributed by atoms with Gasteiger partial charge in [0, 0.05) is 6.07 Å². The lowest BCUT2D eigenvalue weighted by molar-refractivity contribution is 0.459. The molecular formula is C18H16ClN7O2S. The molecule has 0 aliphatic heterocycles. The third kappa shape index (κ3) is 6.18. The van der Waals surface area contributed by atoms with Crippen LogP contribution >= 0.6 is 11.6 Å². The van der Waals surface area contributed by atoms with Gasteiger partial charge in [-0.2, -0.15) is 10.2 Å². The topological polar surface area (TPSA) is 126 Å². The molecule has 0 saturated carbocycles. The molecule has 0 fully saturated rings. The quantitative estimate of drug-likeness (QED) is 0.559. The largest absolute Gasteiger partial charge is 0.439 e. The second kappa shape index (κ2) is 9.88. The Morgan fingerprint density at radius 3 is 2.59 bits per heavy atom. The number of aromatic nitrogens is 4. The molecule has 11 heteroatoms. The molecule has 0 aliphatic carbocycles. The van der Waals surface area contributed by atoms with Crippen molar-refractivity contribution >= 4 is 28.5 Å². The molecule has 0 bridgehead atoms. The van der Waals surface area contributed by atoms with Crippen LogP contribution in [-0.2, 0) is 23.3 Å². The van der Waals surface area contributed by atoms with Crippen molar-refractivity contribution in [3.05, 3.63) is 64.8 Å². The maximum atomic E-state index is 11.5. The highest BCUT2D eigenvalue weighted by molar-refractivity contribution is 7.82. The van der Waals surface area contributed by atoms with Crippen LogP contribution < -0.4 is 14.8 Å². The van der Waals surface area contributed by atoms with Gasteiger partial charge in [0.05, 0.1) is 46.4 Å². The van der Waals surface area contributed by atoms with Crippen molar-refractivity contribution in [1.29, 1.82) is 5.26 Å². The van der Waals surface area contributed by atoms with Crippen molar-refractivity contribution in [2.24, 2.45) is 0 Å². The summed E-state index contributed by atoms with van der Waals surface area (Å²) in [7, 11) is 0.518. The lowest BCUT2D eigenvalue weighted by atomic mass is 10.2. The van der Waals surface area contributed by atoms with Gasteiger partial charge in [-0.3, -0.25) is 0 Å². The predicted octanol–water partition coefficient (Wildman–Crippen LogP) is 2.58. The fourth-order valence-electron chi connectivity index (χ4n) is 2.24. The maximum Gasteiger partial charge on any atom is 0.235 e. The van der Waals surface area contributed by atoms with Gasteiger partial charge in [0.1, 0.15) is 11.8 Å². The molecule has 148 valence electrons. The van der Waals surface area contributed by atoms with Crippen molar-refractivity contribution in [1.82, 2.24) is 24.7 Å². The van der Waals surface area contributed by atoms with Crippen LogP contribution in [0.2, 0.25) is 5.02 Å². The number of hydrogen-bond donors (Lipinski definition) is 2. The van der Waals surface area contributed by atoms with Gasteiger partial charge in [0.2, 0.25) is 17.7 Å². The monoisotopic (exact) mass is 429 g/mol. The van der Waals surface area contributed by atoms with Crippen molar-refractivity contribution < 1.29 is 8.95 Å². The first kappa shape index (κ1) is 20.6. The molecule has 29 heavy (non-hydrogen) atoms. The molecule has 0 radical (unpaired) electrons. The Kier molecular flexibility index (Phi) is 7.02. The summed E-state index contributed by atoms with van der Waals surface area (Å²) in [5.74, 6) is 1.52. The number of rotatable bonds is 8. The van der Waals surface area contributed by atoms with Gasteiger partial charge in [-0.05, 0) is 24.7 Å². The number of halogens is 1. The number of hydrogen-bond acceptors (Lipinski definition) is 8. The Balaban J connectivity index is 1.70. The van der Waals surface area contributed by atoms with Crippen molar-refractivity contribution in [2.75, 3.05) is 12.4 Å². The fourth-order valence-corrected chi connectivity index (χ4v) is 2.97. The fraction of sp³-hybridized carbons (Fsp3) is 0.167. The van der Waals surface area contributed by atoms with Gasteiger partial charge < -0.3 is 10.1 Å². The average Bonchev–Trinajstić information content (AvgIpc) is 2.74. The average molecular weight is 430 g/mol. The van der Waals surface area contributed by atoms with Crippen LogP contribution in [0.1, 0.15) is 17.1 Å². The van der Waals surface area contributed by atoms with Gasteiger partial charge in [-0.25, -0.2) is 23.9 Å². The molecule has 0 spiro atoms. The summed E-state index contributed by atoms with van der Waals surface area (Å²) in [6.45, 7) is 0.268. The molecule has 2 heterocycles. The van der Waals surface area contributed by atoms with Gasteiger partial charge in [0.15, 0.2) is 0 Å².